The normalized spacial score (nSPS) is 12.9. The summed E-state index contributed by atoms with van der Waals surface area (Å²) in [6, 6.07) is 0. The molecule has 8 heteroatoms. The molecule has 0 rings (SSSR count). The highest BCUT2D eigenvalue weighted by molar-refractivity contribution is 14.0. The topological polar surface area (TPSA) is 48.5 Å². The van der Waals surface area contributed by atoms with Crippen molar-refractivity contribution in [3.05, 3.63) is 0 Å². The number of guanidine groups is 1. The standard InChI is InChI=1S/C11H23F3N4.HI/c1-10(2,3)18-8-7-17-9(15-4)16-6-5-11(12,13)14;/h18H,5-8H2,1-4H3,(H2,15,16,17);1H. The molecule has 19 heavy (non-hydrogen) atoms. The lowest BCUT2D eigenvalue weighted by Gasteiger charge is -2.21. The highest BCUT2D eigenvalue weighted by atomic mass is 127. The van der Waals surface area contributed by atoms with Gasteiger partial charge in [0.25, 0.3) is 0 Å². The van der Waals surface area contributed by atoms with Crippen molar-refractivity contribution < 1.29 is 13.2 Å². The summed E-state index contributed by atoms with van der Waals surface area (Å²) in [5.41, 5.74) is 0.0227. The molecule has 0 spiro atoms. The summed E-state index contributed by atoms with van der Waals surface area (Å²) >= 11 is 0. The lowest BCUT2D eigenvalue weighted by atomic mass is 10.1. The molecule has 0 radical (unpaired) electrons. The second-order valence-electron chi connectivity index (χ2n) is 4.97. The molecule has 0 aliphatic rings. The van der Waals surface area contributed by atoms with Gasteiger partial charge in [0.15, 0.2) is 5.96 Å². The van der Waals surface area contributed by atoms with Gasteiger partial charge in [0.1, 0.15) is 0 Å². The van der Waals surface area contributed by atoms with Crippen LogP contribution in [-0.2, 0) is 0 Å². The van der Waals surface area contributed by atoms with Crippen molar-refractivity contribution in [2.45, 2.75) is 38.9 Å². The predicted octanol–water partition coefficient (Wildman–Crippen LogP) is 2.11. The van der Waals surface area contributed by atoms with Crippen molar-refractivity contribution in [2.75, 3.05) is 26.7 Å². The number of hydrogen-bond acceptors (Lipinski definition) is 2. The van der Waals surface area contributed by atoms with Gasteiger partial charge in [0.05, 0.1) is 6.42 Å². The molecular formula is C11H24F3IN4. The van der Waals surface area contributed by atoms with Crippen LogP contribution in [-0.4, -0.2) is 44.4 Å². The number of alkyl halides is 3. The lowest BCUT2D eigenvalue weighted by molar-refractivity contribution is -0.132. The molecule has 4 nitrogen and oxygen atoms in total. The zero-order valence-electron chi connectivity index (χ0n) is 11.8. The smallest absolute Gasteiger partial charge is 0.356 e. The van der Waals surface area contributed by atoms with Gasteiger partial charge in [-0.3, -0.25) is 4.99 Å². The monoisotopic (exact) mass is 396 g/mol. The molecule has 0 saturated carbocycles. The molecule has 0 aromatic carbocycles. The number of nitrogens with zero attached hydrogens (tertiary/aromatic N) is 1. The Morgan fingerprint density at radius 3 is 1.95 bits per heavy atom. The Kier molecular flexibility index (Phi) is 10.7. The molecule has 0 saturated heterocycles. The highest BCUT2D eigenvalue weighted by Crippen LogP contribution is 2.17. The molecule has 3 N–H and O–H groups in total. The molecule has 0 aliphatic carbocycles. The molecule has 0 aromatic heterocycles. The van der Waals surface area contributed by atoms with Crippen molar-refractivity contribution in [1.82, 2.24) is 16.0 Å². The molecule has 0 bridgehead atoms. The number of hydrogen-bond donors (Lipinski definition) is 3. The SMILES string of the molecule is CN=C(NCCNC(C)(C)C)NCCC(F)(F)F.I. The average molecular weight is 396 g/mol. The van der Waals surface area contributed by atoms with Crippen molar-refractivity contribution in [3.63, 3.8) is 0 Å². The maximum atomic E-state index is 11.9. The molecule has 0 aliphatic heterocycles. The van der Waals surface area contributed by atoms with E-state index in [1.54, 1.807) is 0 Å². The maximum absolute atomic E-state index is 11.9. The van der Waals surface area contributed by atoms with E-state index >= 15 is 0 Å². The summed E-state index contributed by atoms with van der Waals surface area (Å²) in [4.78, 5) is 3.84. The number of aliphatic imine (C=N–C) groups is 1. The summed E-state index contributed by atoms with van der Waals surface area (Å²) in [5.74, 6) is 0.384. The first-order chi connectivity index (χ1) is 8.14. The first kappa shape index (κ1) is 21.1. The van der Waals surface area contributed by atoms with Gasteiger partial charge in [0.2, 0.25) is 0 Å². The van der Waals surface area contributed by atoms with Crippen LogP contribution in [0.3, 0.4) is 0 Å². The van der Waals surface area contributed by atoms with E-state index < -0.39 is 12.6 Å². The molecule has 0 unspecified atom stereocenters. The van der Waals surface area contributed by atoms with E-state index in [9.17, 15) is 13.2 Å². The number of nitrogens with one attached hydrogen (secondary N) is 3. The fourth-order valence-corrected chi connectivity index (χ4v) is 1.16. The summed E-state index contributed by atoms with van der Waals surface area (Å²) < 4.78 is 35.8. The van der Waals surface area contributed by atoms with Crippen LogP contribution in [0.5, 0.6) is 0 Å². The maximum Gasteiger partial charge on any atom is 0.390 e. The van der Waals surface area contributed by atoms with Crippen molar-refractivity contribution in [3.8, 4) is 0 Å². The van der Waals surface area contributed by atoms with Crippen LogP contribution in [0.1, 0.15) is 27.2 Å². The first-order valence-corrected chi connectivity index (χ1v) is 5.90. The third kappa shape index (κ3) is 15.7. The van der Waals surface area contributed by atoms with Gasteiger partial charge >= 0.3 is 6.18 Å². The zero-order chi connectivity index (χ0) is 14.2. The van der Waals surface area contributed by atoms with Crippen LogP contribution in [0.25, 0.3) is 0 Å². The Labute approximate surface area is 130 Å². The Balaban J connectivity index is 0. The molecule has 0 atom stereocenters. The Morgan fingerprint density at radius 1 is 1.00 bits per heavy atom. The lowest BCUT2D eigenvalue weighted by Crippen LogP contribution is -2.45. The first-order valence-electron chi connectivity index (χ1n) is 5.90. The molecule has 0 fully saturated rings. The van der Waals surface area contributed by atoms with Crippen LogP contribution >= 0.6 is 24.0 Å². The van der Waals surface area contributed by atoms with E-state index in [0.29, 0.717) is 19.0 Å². The number of rotatable bonds is 5. The minimum Gasteiger partial charge on any atom is -0.356 e. The summed E-state index contributed by atoms with van der Waals surface area (Å²) in [6.07, 6.45) is -5.01. The minimum absolute atomic E-state index is 0. The Hall–Kier alpha value is -0.250. The fraction of sp³-hybridized carbons (Fsp3) is 0.909. The van der Waals surface area contributed by atoms with Crippen LogP contribution in [0.2, 0.25) is 0 Å². The van der Waals surface area contributed by atoms with Crippen LogP contribution in [0.4, 0.5) is 13.2 Å². The van der Waals surface area contributed by atoms with Gasteiger partial charge in [-0.1, -0.05) is 0 Å². The summed E-state index contributed by atoms with van der Waals surface area (Å²) in [7, 11) is 1.53. The molecule has 0 amide bonds. The third-order valence-corrected chi connectivity index (χ3v) is 2.00. The van der Waals surface area contributed by atoms with E-state index in [2.05, 4.69) is 20.9 Å². The van der Waals surface area contributed by atoms with Gasteiger partial charge in [0, 0.05) is 32.2 Å². The van der Waals surface area contributed by atoms with Crippen molar-refractivity contribution in [2.24, 2.45) is 4.99 Å². The molecule has 116 valence electrons. The van der Waals surface area contributed by atoms with E-state index in [0.717, 1.165) is 0 Å². The zero-order valence-corrected chi connectivity index (χ0v) is 14.1. The van der Waals surface area contributed by atoms with Crippen LogP contribution < -0.4 is 16.0 Å². The highest BCUT2D eigenvalue weighted by Gasteiger charge is 2.26. The largest absolute Gasteiger partial charge is 0.390 e. The van der Waals surface area contributed by atoms with E-state index in [4.69, 9.17) is 0 Å². The summed E-state index contributed by atoms with van der Waals surface area (Å²) in [5, 5.41) is 8.81. The minimum atomic E-state index is -4.14. The van der Waals surface area contributed by atoms with Gasteiger partial charge in [-0.15, -0.1) is 24.0 Å². The van der Waals surface area contributed by atoms with E-state index in [1.165, 1.54) is 7.05 Å². The third-order valence-electron chi connectivity index (χ3n) is 2.00. The van der Waals surface area contributed by atoms with E-state index in [-0.39, 0.29) is 36.1 Å². The number of halogens is 4. The predicted molar refractivity (Wildman–Crippen MR) is 83.2 cm³/mol. The summed E-state index contributed by atoms with van der Waals surface area (Å²) in [6.45, 7) is 7.28. The Morgan fingerprint density at radius 2 is 1.53 bits per heavy atom. The fourth-order valence-electron chi connectivity index (χ4n) is 1.16. The van der Waals surface area contributed by atoms with Gasteiger partial charge < -0.3 is 16.0 Å². The second kappa shape index (κ2) is 9.62. The second-order valence-corrected chi connectivity index (χ2v) is 4.97. The Bertz CT molecular complexity index is 262. The van der Waals surface area contributed by atoms with Crippen molar-refractivity contribution in [1.29, 1.82) is 0 Å². The van der Waals surface area contributed by atoms with Crippen molar-refractivity contribution >= 4 is 29.9 Å². The molecule has 0 aromatic rings. The van der Waals surface area contributed by atoms with Gasteiger partial charge in [-0.05, 0) is 20.8 Å². The van der Waals surface area contributed by atoms with Crippen LogP contribution in [0.15, 0.2) is 4.99 Å². The van der Waals surface area contributed by atoms with Gasteiger partial charge in [-0.25, -0.2) is 0 Å². The average Bonchev–Trinajstić information content (AvgIpc) is 2.18. The van der Waals surface area contributed by atoms with E-state index in [1.807, 2.05) is 20.8 Å². The molecular weight excluding hydrogens is 372 g/mol. The quantitative estimate of drug-likeness (QED) is 0.289. The van der Waals surface area contributed by atoms with Gasteiger partial charge in [-0.2, -0.15) is 13.2 Å². The van der Waals surface area contributed by atoms with Crippen LogP contribution in [0, 0.1) is 0 Å². The molecule has 0 heterocycles.